The topological polar surface area (TPSA) is 67.5 Å². The highest BCUT2D eigenvalue weighted by atomic mass is 32.1. The summed E-state index contributed by atoms with van der Waals surface area (Å²) in [6.45, 7) is 0. The minimum Gasteiger partial charge on any atom is -0.369 e. The Kier molecular flexibility index (Phi) is 2.19. The van der Waals surface area contributed by atoms with E-state index in [2.05, 4.69) is 10.3 Å². The van der Waals surface area contributed by atoms with Gasteiger partial charge in [-0.1, -0.05) is 6.07 Å². The molecule has 17 heavy (non-hydrogen) atoms. The van der Waals surface area contributed by atoms with Gasteiger partial charge in [0.15, 0.2) is 0 Å². The maximum absolute atomic E-state index is 11.4. The number of nitrogens with two attached hydrogens (primary N) is 1. The van der Waals surface area contributed by atoms with E-state index in [-0.39, 0.29) is 11.9 Å². The van der Waals surface area contributed by atoms with Crippen molar-refractivity contribution >= 4 is 39.4 Å². The first kappa shape index (κ1) is 10.0. The van der Waals surface area contributed by atoms with Gasteiger partial charge in [0.25, 0.3) is 5.91 Å². The molecule has 84 valence electrons. The van der Waals surface area contributed by atoms with Crippen LogP contribution in [0.4, 0.5) is 0 Å². The van der Waals surface area contributed by atoms with Gasteiger partial charge in [0.2, 0.25) is 5.96 Å². The molecular weight excluding hydrogens is 234 g/mol. The number of amides is 1. The van der Waals surface area contributed by atoms with Gasteiger partial charge in [-0.05, 0) is 40.6 Å². The maximum atomic E-state index is 11.4. The molecule has 3 N–H and O–H groups in total. The molecule has 0 radical (unpaired) electrons. The summed E-state index contributed by atoms with van der Waals surface area (Å²) >= 11 is 1.69. The zero-order valence-corrected chi connectivity index (χ0v) is 9.62. The second-order valence-corrected chi connectivity index (χ2v) is 4.65. The van der Waals surface area contributed by atoms with Crippen molar-refractivity contribution in [3.8, 4) is 0 Å². The number of aliphatic imine (C=N–C) groups is 1. The lowest BCUT2D eigenvalue weighted by Crippen LogP contribution is -2.30. The van der Waals surface area contributed by atoms with E-state index >= 15 is 0 Å². The Hall–Kier alpha value is -2.14. The molecule has 0 saturated heterocycles. The van der Waals surface area contributed by atoms with Gasteiger partial charge in [0.1, 0.15) is 5.70 Å². The SMILES string of the molecule is NC1=N/C(=C\c2ccc3sccc3c2)C(=O)N1. The zero-order valence-electron chi connectivity index (χ0n) is 8.81. The summed E-state index contributed by atoms with van der Waals surface area (Å²) < 4.78 is 1.23. The molecule has 0 atom stereocenters. The Morgan fingerprint density at radius 2 is 2.24 bits per heavy atom. The van der Waals surface area contributed by atoms with Gasteiger partial charge in [0.05, 0.1) is 0 Å². The van der Waals surface area contributed by atoms with Crippen molar-refractivity contribution in [3.05, 3.63) is 40.9 Å². The zero-order chi connectivity index (χ0) is 11.8. The number of rotatable bonds is 1. The molecule has 1 aromatic heterocycles. The Bertz CT molecular complexity index is 669. The molecule has 4 nitrogen and oxygen atoms in total. The van der Waals surface area contributed by atoms with Crippen LogP contribution in [-0.2, 0) is 4.79 Å². The maximum Gasteiger partial charge on any atom is 0.276 e. The fraction of sp³-hybridized carbons (Fsp3) is 0. The number of guanidine groups is 1. The molecule has 3 rings (SSSR count). The average molecular weight is 243 g/mol. The Balaban J connectivity index is 2.04. The lowest BCUT2D eigenvalue weighted by Gasteiger charge is -1.95. The van der Waals surface area contributed by atoms with Crippen LogP contribution in [0.1, 0.15) is 5.56 Å². The monoisotopic (exact) mass is 243 g/mol. The lowest BCUT2D eigenvalue weighted by atomic mass is 10.1. The molecule has 0 unspecified atom stereocenters. The predicted octanol–water partition coefficient (Wildman–Crippen LogP) is 1.69. The van der Waals surface area contributed by atoms with Crippen molar-refractivity contribution in [2.45, 2.75) is 0 Å². The largest absolute Gasteiger partial charge is 0.369 e. The van der Waals surface area contributed by atoms with E-state index in [0.29, 0.717) is 5.70 Å². The number of carbonyl (C=O) groups is 1. The lowest BCUT2D eigenvalue weighted by molar-refractivity contribution is -0.115. The first-order valence-corrected chi connectivity index (χ1v) is 5.95. The Morgan fingerprint density at radius 1 is 1.35 bits per heavy atom. The Labute approximate surface area is 101 Å². The third kappa shape index (κ3) is 1.81. The van der Waals surface area contributed by atoms with Gasteiger partial charge in [-0.25, -0.2) is 4.99 Å². The van der Waals surface area contributed by atoms with Crippen molar-refractivity contribution in [3.63, 3.8) is 0 Å². The van der Waals surface area contributed by atoms with Crippen LogP contribution in [0, 0.1) is 0 Å². The highest BCUT2D eigenvalue weighted by Crippen LogP contribution is 2.23. The molecule has 1 amide bonds. The predicted molar refractivity (Wildman–Crippen MR) is 69.6 cm³/mol. The molecule has 1 aromatic carbocycles. The number of hydrogen-bond donors (Lipinski definition) is 2. The van der Waals surface area contributed by atoms with Crippen molar-refractivity contribution < 1.29 is 4.79 Å². The van der Waals surface area contributed by atoms with Gasteiger partial charge in [0, 0.05) is 4.70 Å². The summed E-state index contributed by atoms with van der Waals surface area (Å²) in [7, 11) is 0. The smallest absolute Gasteiger partial charge is 0.276 e. The van der Waals surface area contributed by atoms with Gasteiger partial charge >= 0.3 is 0 Å². The van der Waals surface area contributed by atoms with E-state index in [1.807, 2.05) is 29.6 Å². The number of hydrogen-bond acceptors (Lipinski definition) is 4. The molecule has 0 spiro atoms. The van der Waals surface area contributed by atoms with E-state index in [0.717, 1.165) is 5.56 Å². The molecule has 5 heteroatoms. The highest BCUT2D eigenvalue weighted by molar-refractivity contribution is 7.17. The number of benzene rings is 1. The molecule has 0 fully saturated rings. The first-order valence-electron chi connectivity index (χ1n) is 5.07. The third-order valence-electron chi connectivity index (χ3n) is 2.49. The molecule has 2 heterocycles. The Morgan fingerprint density at radius 3 is 3.00 bits per heavy atom. The van der Waals surface area contributed by atoms with Crippen molar-refractivity contribution in [2.75, 3.05) is 0 Å². The van der Waals surface area contributed by atoms with Crippen molar-refractivity contribution in [1.29, 1.82) is 0 Å². The highest BCUT2D eigenvalue weighted by Gasteiger charge is 2.17. The van der Waals surface area contributed by atoms with Gasteiger partial charge in [-0.15, -0.1) is 11.3 Å². The van der Waals surface area contributed by atoms with Crippen LogP contribution in [0.15, 0.2) is 40.3 Å². The summed E-state index contributed by atoms with van der Waals surface area (Å²) in [5.74, 6) is -0.106. The molecule has 0 saturated carbocycles. The molecular formula is C12H9N3OS. The second kappa shape index (κ2) is 3.71. The summed E-state index contributed by atoms with van der Waals surface area (Å²) in [5.41, 5.74) is 6.71. The van der Waals surface area contributed by atoms with Crippen LogP contribution >= 0.6 is 11.3 Å². The summed E-state index contributed by atoms with van der Waals surface area (Å²) in [4.78, 5) is 15.4. The summed E-state index contributed by atoms with van der Waals surface area (Å²) in [5, 5.41) is 5.65. The average Bonchev–Trinajstić information content (AvgIpc) is 2.85. The van der Waals surface area contributed by atoms with Gasteiger partial charge < -0.3 is 5.73 Å². The number of nitrogens with one attached hydrogen (secondary N) is 1. The number of fused-ring (bicyclic) bond motifs is 1. The van der Waals surface area contributed by atoms with Crippen molar-refractivity contribution in [2.24, 2.45) is 10.7 Å². The number of carbonyl (C=O) groups excluding carboxylic acids is 1. The molecule has 2 aromatic rings. The quantitative estimate of drug-likeness (QED) is 0.748. The minimum absolute atomic E-state index is 0.151. The molecule has 0 bridgehead atoms. The van der Waals surface area contributed by atoms with Crippen LogP contribution < -0.4 is 11.1 Å². The minimum atomic E-state index is -0.257. The fourth-order valence-corrected chi connectivity index (χ4v) is 2.49. The summed E-state index contributed by atoms with van der Waals surface area (Å²) in [6.07, 6.45) is 1.73. The fourth-order valence-electron chi connectivity index (χ4n) is 1.72. The standard InChI is InChI=1S/C12H9N3OS/c13-12-14-9(11(16)15-12)6-7-1-2-10-8(5-7)3-4-17-10/h1-6H,(H3,13,14,15,16)/b9-6-. The molecule has 0 aliphatic carbocycles. The molecule has 1 aliphatic heterocycles. The van der Waals surface area contributed by atoms with E-state index in [1.54, 1.807) is 17.4 Å². The van der Waals surface area contributed by atoms with E-state index in [4.69, 9.17) is 5.73 Å². The van der Waals surface area contributed by atoms with Crippen LogP contribution in [-0.4, -0.2) is 11.9 Å². The van der Waals surface area contributed by atoms with Crippen LogP contribution in [0.2, 0.25) is 0 Å². The number of nitrogens with zero attached hydrogens (tertiary/aromatic N) is 1. The first-order chi connectivity index (χ1) is 8.22. The summed E-state index contributed by atoms with van der Waals surface area (Å²) in [6, 6.07) is 8.07. The normalized spacial score (nSPS) is 17.5. The van der Waals surface area contributed by atoms with E-state index in [9.17, 15) is 4.79 Å². The second-order valence-electron chi connectivity index (χ2n) is 3.70. The van der Waals surface area contributed by atoms with Crippen LogP contribution in [0.5, 0.6) is 0 Å². The van der Waals surface area contributed by atoms with Gasteiger partial charge in [-0.2, -0.15) is 0 Å². The molecule has 1 aliphatic rings. The third-order valence-corrected chi connectivity index (χ3v) is 3.39. The van der Waals surface area contributed by atoms with Crippen molar-refractivity contribution in [1.82, 2.24) is 5.32 Å². The van der Waals surface area contributed by atoms with E-state index in [1.165, 1.54) is 10.1 Å². The van der Waals surface area contributed by atoms with E-state index < -0.39 is 0 Å². The van der Waals surface area contributed by atoms with Crippen LogP contribution in [0.3, 0.4) is 0 Å². The van der Waals surface area contributed by atoms with Gasteiger partial charge in [-0.3, -0.25) is 10.1 Å². The number of thiophene rings is 1. The van der Waals surface area contributed by atoms with Crippen LogP contribution in [0.25, 0.3) is 16.2 Å².